The van der Waals surface area contributed by atoms with Crippen LogP contribution in [-0.2, 0) is 22.6 Å². The number of likely N-dealkylation sites (tertiary alicyclic amines) is 1. The minimum Gasteiger partial charge on any atom is -0.445 e. The number of aromatic nitrogens is 3. The molecule has 0 bridgehead atoms. The van der Waals surface area contributed by atoms with E-state index in [1.54, 1.807) is 6.20 Å². The fraction of sp³-hybridized carbons (Fsp3) is 0.320. The molecule has 1 fully saturated rings. The van der Waals surface area contributed by atoms with Gasteiger partial charge in [-0.25, -0.2) is 9.97 Å². The predicted molar refractivity (Wildman–Crippen MR) is 120 cm³/mol. The molecule has 2 aromatic carbocycles. The number of H-pyrrole nitrogens is 1. The summed E-state index contributed by atoms with van der Waals surface area (Å²) in [5.41, 5.74) is 3.06. The number of aromatic amines is 1. The van der Waals surface area contributed by atoms with Crippen molar-refractivity contribution in [3.05, 3.63) is 83.8 Å². The van der Waals surface area contributed by atoms with E-state index in [1.165, 1.54) is 5.56 Å². The van der Waals surface area contributed by atoms with Crippen molar-refractivity contribution in [2.24, 2.45) is 0 Å². The third-order valence-corrected chi connectivity index (χ3v) is 5.82. The van der Waals surface area contributed by atoms with Gasteiger partial charge >= 0.3 is 0 Å². The first-order chi connectivity index (χ1) is 15.7. The Morgan fingerprint density at radius 1 is 1.16 bits per heavy atom. The lowest BCUT2D eigenvalue weighted by atomic mass is 9.98. The fourth-order valence-electron chi connectivity index (χ4n) is 4.20. The lowest BCUT2D eigenvalue weighted by Crippen LogP contribution is -2.41. The Balaban J connectivity index is 1.13. The van der Waals surface area contributed by atoms with Gasteiger partial charge in [0.05, 0.1) is 23.1 Å². The van der Waals surface area contributed by atoms with E-state index in [9.17, 15) is 4.79 Å². The minimum absolute atomic E-state index is 0.0122. The Hall–Kier alpha value is -3.45. The molecule has 0 unspecified atom stereocenters. The Bertz CT molecular complexity index is 1150. The molecule has 2 aromatic heterocycles. The number of hydrogen-bond donors (Lipinski definition) is 1. The molecule has 3 heterocycles. The maximum atomic E-state index is 12.7. The van der Waals surface area contributed by atoms with Crippen LogP contribution in [0.25, 0.3) is 11.0 Å². The topological polar surface area (TPSA) is 84.2 Å². The van der Waals surface area contributed by atoms with E-state index < -0.39 is 0 Å². The molecule has 0 radical (unpaired) electrons. The highest BCUT2D eigenvalue weighted by Crippen LogP contribution is 2.27. The largest absolute Gasteiger partial charge is 0.445 e. The number of para-hydroxylation sites is 2. The number of hydrogen-bond acceptors (Lipinski definition) is 5. The average Bonchev–Trinajstić information content (AvgIpc) is 3.46. The van der Waals surface area contributed by atoms with Gasteiger partial charge in [-0.2, -0.15) is 0 Å². The number of benzene rings is 2. The van der Waals surface area contributed by atoms with Gasteiger partial charge in [0.25, 0.3) is 0 Å². The highest BCUT2D eigenvalue weighted by atomic mass is 16.5. The summed E-state index contributed by atoms with van der Waals surface area (Å²) in [6.07, 6.45) is 4.42. The van der Waals surface area contributed by atoms with Crippen molar-refractivity contribution in [3.63, 3.8) is 0 Å². The molecule has 1 saturated heterocycles. The van der Waals surface area contributed by atoms with Crippen LogP contribution in [0.3, 0.4) is 0 Å². The molecule has 1 N–H and O–H groups in total. The van der Waals surface area contributed by atoms with E-state index in [-0.39, 0.29) is 25.0 Å². The molecule has 1 aliphatic rings. The molecule has 1 atom stereocenters. The maximum absolute atomic E-state index is 12.7. The third kappa shape index (κ3) is 4.73. The molecule has 0 saturated carbocycles. The highest BCUT2D eigenvalue weighted by Gasteiger charge is 2.28. The first-order valence-corrected chi connectivity index (χ1v) is 11.0. The third-order valence-electron chi connectivity index (χ3n) is 5.82. The van der Waals surface area contributed by atoms with Gasteiger partial charge in [-0.15, -0.1) is 0 Å². The quantitative estimate of drug-likeness (QED) is 0.478. The number of piperidine rings is 1. The predicted octanol–water partition coefficient (Wildman–Crippen LogP) is 4.06. The van der Waals surface area contributed by atoms with E-state index >= 15 is 0 Å². The van der Waals surface area contributed by atoms with Crippen molar-refractivity contribution in [2.45, 2.75) is 31.8 Å². The van der Waals surface area contributed by atoms with Gasteiger partial charge < -0.3 is 19.0 Å². The first kappa shape index (κ1) is 20.5. The summed E-state index contributed by atoms with van der Waals surface area (Å²) >= 11 is 0. The van der Waals surface area contributed by atoms with Crippen LogP contribution < -0.4 is 0 Å². The smallest absolute Gasteiger partial charge is 0.248 e. The van der Waals surface area contributed by atoms with E-state index in [4.69, 9.17) is 9.15 Å². The summed E-state index contributed by atoms with van der Waals surface area (Å²) in [7, 11) is 0. The van der Waals surface area contributed by atoms with Crippen LogP contribution in [0.2, 0.25) is 0 Å². The monoisotopic (exact) mass is 430 g/mol. The number of nitrogens with zero attached hydrogens (tertiary/aromatic N) is 3. The van der Waals surface area contributed by atoms with Gasteiger partial charge in [0.2, 0.25) is 5.91 Å². The number of amides is 1. The van der Waals surface area contributed by atoms with Crippen LogP contribution in [0.4, 0.5) is 0 Å². The molecular weight excluding hydrogens is 404 g/mol. The number of nitrogens with one attached hydrogen (secondary N) is 1. The molecule has 7 nitrogen and oxygen atoms in total. The standard InChI is InChI=1S/C25H26N4O3/c30-24(17-31-16-23-27-21-10-4-5-11-22(21)28-23)29-12-6-9-19(15-29)25-26-14-20(32-25)13-18-7-2-1-3-8-18/h1-5,7-8,10-11,14,19H,6,9,12-13,15-17H2,(H,27,28)/t19-/m1/s1. The lowest BCUT2D eigenvalue weighted by Gasteiger charge is -2.31. The SMILES string of the molecule is O=C(COCc1nc2ccccc2[nH]1)N1CCC[C@@H](c2ncc(Cc3ccccc3)o2)C1. The number of rotatable bonds is 7. The molecule has 0 aliphatic carbocycles. The van der Waals surface area contributed by atoms with Crippen LogP contribution in [0.5, 0.6) is 0 Å². The molecule has 1 amide bonds. The number of ether oxygens (including phenoxy) is 1. The summed E-state index contributed by atoms with van der Waals surface area (Å²) in [5.74, 6) is 2.40. The maximum Gasteiger partial charge on any atom is 0.248 e. The summed E-state index contributed by atoms with van der Waals surface area (Å²) in [4.78, 5) is 26.8. The Kier molecular flexibility index (Phi) is 5.98. The molecule has 7 heteroatoms. The van der Waals surface area contributed by atoms with Crippen LogP contribution >= 0.6 is 0 Å². The number of oxazole rings is 1. The zero-order valence-corrected chi connectivity index (χ0v) is 17.9. The van der Waals surface area contributed by atoms with Crippen molar-refractivity contribution in [3.8, 4) is 0 Å². The summed E-state index contributed by atoms with van der Waals surface area (Å²) in [6.45, 7) is 1.66. The Morgan fingerprint density at radius 2 is 2.00 bits per heavy atom. The zero-order valence-electron chi connectivity index (χ0n) is 17.9. The van der Waals surface area contributed by atoms with Crippen molar-refractivity contribution in [1.29, 1.82) is 0 Å². The molecule has 5 rings (SSSR count). The Labute approximate surface area is 186 Å². The molecule has 1 aliphatic heterocycles. The normalized spacial score (nSPS) is 16.5. The van der Waals surface area contributed by atoms with E-state index in [1.807, 2.05) is 47.4 Å². The molecule has 32 heavy (non-hydrogen) atoms. The van der Waals surface area contributed by atoms with Gasteiger partial charge in [-0.05, 0) is 30.5 Å². The number of imidazole rings is 1. The second-order valence-electron chi connectivity index (χ2n) is 8.20. The van der Waals surface area contributed by atoms with E-state index in [0.717, 1.165) is 54.3 Å². The number of fused-ring (bicyclic) bond motifs is 1. The van der Waals surface area contributed by atoms with Crippen LogP contribution in [0, 0.1) is 0 Å². The van der Waals surface area contributed by atoms with Crippen molar-refractivity contribution < 1.29 is 13.9 Å². The Morgan fingerprint density at radius 3 is 2.88 bits per heavy atom. The highest BCUT2D eigenvalue weighted by molar-refractivity contribution is 5.77. The zero-order chi connectivity index (χ0) is 21.8. The second kappa shape index (κ2) is 9.36. The lowest BCUT2D eigenvalue weighted by molar-refractivity contribution is -0.138. The summed E-state index contributed by atoms with van der Waals surface area (Å²) in [6, 6.07) is 18.0. The minimum atomic E-state index is -0.0122. The number of carbonyl (C=O) groups is 1. The second-order valence-corrected chi connectivity index (χ2v) is 8.20. The summed E-state index contributed by atoms with van der Waals surface area (Å²) in [5, 5.41) is 0. The number of carbonyl (C=O) groups excluding carboxylic acids is 1. The van der Waals surface area contributed by atoms with E-state index in [2.05, 4.69) is 27.1 Å². The molecule has 164 valence electrons. The molecule has 0 spiro atoms. The van der Waals surface area contributed by atoms with Crippen molar-refractivity contribution >= 4 is 16.9 Å². The van der Waals surface area contributed by atoms with Crippen molar-refractivity contribution in [2.75, 3.05) is 19.7 Å². The van der Waals surface area contributed by atoms with E-state index in [0.29, 0.717) is 6.54 Å². The van der Waals surface area contributed by atoms with Gasteiger partial charge in [-0.1, -0.05) is 42.5 Å². The molecular formula is C25H26N4O3. The van der Waals surface area contributed by atoms with Crippen LogP contribution in [-0.4, -0.2) is 45.5 Å². The first-order valence-electron chi connectivity index (χ1n) is 11.0. The average molecular weight is 431 g/mol. The summed E-state index contributed by atoms with van der Waals surface area (Å²) < 4.78 is 11.7. The van der Waals surface area contributed by atoms with Gasteiger partial charge in [0.15, 0.2) is 5.89 Å². The van der Waals surface area contributed by atoms with Gasteiger partial charge in [-0.3, -0.25) is 4.79 Å². The van der Waals surface area contributed by atoms with Gasteiger partial charge in [0.1, 0.15) is 24.8 Å². The molecule has 4 aromatic rings. The van der Waals surface area contributed by atoms with Crippen LogP contribution in [0.15, 0.2) is 65.2 Å². The van der Waals surface area contributed by atoms with Crippen LogP contribution in [0.1, 0.15) is 41.8 Å². The van der Waals surface area contributed by atoms with Crippen molar-refractivity contribution in [1.82, 2.24) is 19.9 Å². The van der Waals surface area contributed by atoms with Gasteiger partial charge in [0, 0.05) is 19.5 Å². The fourth-order valence-corrected chi connectivity index (χ4v) is 4.20.